The molecular formula is C11H13NO4. The van der Waals surface area contributed by atoms with Crippen LogP contribution < -0.4 is 5.32 Å². The predicted molar refractivity (Wildman–Crippen MR) is 57.4 cm³/mol. The highest BCUT2D eigenvalue weighted by Crippen LogP contribution is 2.08. The SMILES string of the molecule is C[C@H](O)CNC(=O)c1ccccc1C(=O)O. The Labute approximate surface area is 92.7 Å². The van der Waals surface area contributed by atoms with Crippen LogP contribution in [0.5, 0.6) is 0 Å². The van der Waals surface area contributed by atoms with Gasteiger partial charge in [0.15, 0.2) is 0 Å². The molecule has 5 heteroatoms. The molecule has 0 saturated heterocycles. The first-order valence-electron chi connectivity index (χ1n) is 4.81. The van der Waals surface area contributed by atoms with Gasteiger partial charge in [0.05, 0.1) is 17.2 Å². The van der Waals surface area contributed by atoms with E-state index in [-0.39, 0.29) is 17.7 Å². The van der Waals surface area contributed by atoms with Crippen LogP contribution in [-0.2, 0) is 0 Å². The molecule has 0 spiro atoms. The van der Waals surface area contributed by atoms with E-state index in [1.165, 1.54) is 19.1 Å². The monoisotopic (exact) mass is 223 g/mol. The molecule has 0 aliphatic heterocycles. The summed E-state index contributed by atoms with van der Waals surface area (Å²) in [7, 11) is 0. The van der Waals surface area contributed by atoms with E-state index in [4.69, 9.17) is 10.2 Å². The molecule has 86 valence electrons. The van der Waals surface area contributed by atoms with Gasteiger partial charge in [0.2, 0.25) is 0 Å². The van der Waals surface area contributed by atoms with Crippen LogP contribution >= 0.6 is 0 Å². The number of amides is 1. The minimum absolute atomic E-state index is 0.0504. The van der Waals surface area contributed by atoms with Gasteiger partial charge in [0.25, 0.3) is 5.91 Å². The van der Waals surface area contributed by atoms with Crippen molar-refractivity contribution in [3.8, 4) is 0 Å². The minimum Gasteiger partial charge on any atom is -0.478 e. The molecule has 0 heterocycles. The quantitative estimate of drug-likeness (QED) is 0.693. The van der Waals surface area contributed by atoms with Gasteiger partial charge in [-0.1, -0.05) is 12.1 Å². The molecule has 0 aromatic heterocycles. The van der Waals surface area contributed by atoms with Crippen LogP contribution in [-0.4, -0.2) is 34.7 Å². The van der Waals surface area contributed by atoms with Crippen molar-refractivity contribution in [1.82, 2.24) is 5.32 Å². The summed E-state index contributed by atoms with van der Waals surface area (Å²) in [5, 5.41) is 20.3. The number of hydrogen-bond acceptors (Lipinski definition) is 3. The maximum atomic E-state index is 11.6. The summed E-state index contributed by atoms with van der Waals surface area (Å²) < 4.78 is 0. The third-order valence-electron chi connectivity index (χ3n) is 1.96. The lowest BCUT2D eigenvalue weighted by molar-refractivity contribution is 0.0690. The summed E-state index contributed by atoms with van der Waals surface area (Å²) in [6.45, 7) is 1.62. The van der Waals surface area contributed by atoms with Crippen molar-refractivity contribution in [2.24, 2.45) is 0 Å². The average molecular weight is 223 g/mol. The Morgan fingerprint density at radius 3 is 2.38 bits per heavy atom. The average Bonchev–Trinajstić information content (AvgIpc) is 2.25. The fraction of sp³-hybridized carbons (Fsp3) is 0.273. The fourth-order valence-electron chi connectivity index (χ4n) is 1.20. The van der Waals surface area contributed by atoms with Gasteiger partial charge < -0.3 is 15.5 Å². The molecule has 0 aliphatic rings. The number of rotatable bonds is 4. The summed E-state index contributed by atoms with van der Waals surface area (Å²) in [6.07, 6.45) is -0.666. The Hall–Kier alpha value is -1.88. The Kier molecular flexibility index (Phi) is 4.02. The number of carboxylic acids is 1. The Morgan fingerprint density at radius 2 is 1.88 bits per heavy atom. The number of nitrogens with one attached hydrogen (secondary N) is 1. The van der Waals surface area contributed by atoms with E-state index >= 15 is 0 Å². The lowest BCUT2D eigenvalue weighted by Gasteiger charge is -2.08. The number of benzene rings is 1. The van der Waals surface area contributed by atoms with Crippen molar-refractivity contribution in [2.45, 2.75) is 13.0 Å². The molecule has 0 aliphatic carbocycles. The molecule has 1 rings (SSSR count). The zero-order chi connectivity index (χ0) is 12.1. The smallest absolute Gasteiger partial charge is 0.336 e. The summed E-state index contributed by atoms with van der Waals surface area (Å²) in [4.78, 5) is 22.4. The Balaban J connectivity index is 2.86. The van der Waals surface area contributed by atoms with Gasteiger partial charge in [-0.25, -0.2) is 4.79 Å². The van der Waals surface area contributed by atoms with Gasteiger partial charge in [-0.3, -0.25) is 4.79 Å². The molecule has 0 fully saturated rings. The van der Waals surface area contributed by atoms with Crippen molar-refractivity contribution < 1.29 is 19.8 Å². The normalized spacial score (nSPS) is 11.9. The summed E-state index contributed by atoms with van der Waals surface area (Å²) in [5.41, 5.74) is 0.0428. The van der Waals surface area contributed by atoms with Crippen molar-refractivity contribution in [1.29, 1.82) is 0 Å². The third-order valence-corrected chi connectivity index (χ3v) is 1.96. The first kappa shape index (κ1) is 12.2. The van der Waals surface area contributed by atoms with Crippen molar-refractivity contribution >= 4 is 11.9 Å². The van der Waals surface area contributed by atoms with Gasteiger partial charge in [0, 0.05) is 6.54 Å². The van der Waals surface area contributed by atoms with Crippen LogP contribution in [0, 0.1) is 0 Å². The lowest BCUT2D eigenvalue weighted by atomic mass is 10.1. The Bertz CT molecular complexity index is 401. The molecule has 1 aromatic rings. The van der Waals surface area contributed by atoms with Crippen molar-refractivity contribution in [3.05, 3.63) is 35.4 Å². The van der Waals surface area contributed by atoms with E-state index in [0.717, 1.165) is 0 Å². The molecule has 1 amide bonds. The highest BCUT2D eigenvalue weighted by atomic mass is 16.4. The maximum Gasteiger partial charge on any atom is 0.336 e. The number of carbonyl (C=O) groups excluding carboxylic acids is 1. The van der Waals surface area contributed by atoms with Crippen LogP contribution in [0.25, 0.3) is 0 Å². The van der Waals surface area contributed by atoms with Crippen LogP contribution in [0.4, 0.5) is 0 Å². The van der Waals surface area contributed by atoms with Gasteiger partial charge >= 0.3 is 5.97 Å². The first-order chi connectivity index (χ1) is 7.52. The largest absolute Gasteiger partial charge is 0.478 e. The number of hydrogen-bond donors (Lipinski definition) is 3. The number of aromatic carboxylic acids is 1. The topological polar surface area (TPSA) is 86.6 Å². The van der Waals surface area contributed by atoms with E-state index in [1.54, 1.807) is 12.1 Å². The van der Waals surface area contributed by atoms with E-state index in [9.17, 15) is 9.59 Å². The number of carboxylic acid groups (broad SMARTS) is 1. The zero-order valence-electron chi connectivity index (χ0n) is 8.80. The molecule has 0 bridgehead atoms. The lowest BCUT2D eigenvalue weighted by Crippen LogP contribution is -2.31. The van der Waals surface area contributed by atoms with Crippen molar-refractivity contribution in [3.63, 3.8) is 0 Å². The van der Waals surface area contributed by atoms with E-state index in [1.807, 2.05) is 0 Å². The first-order valence-corrected chi connectivity index (χ1v) is 4.81. The van der Waals surface area contributed by atoms with E-state index < -0.39 is 18.0 Å². The second-order valence-electron chi connectivity index (χ2n) is 3.41. The Morgan fingerprint density at radius 1 is 1.31 bits per heavy atom. The summed E-state index contributed by atoms with van der Waals surface area (Å²) >= 11 is 0. The van der Waals surface area contributed by atoms with Gasteiger partial charge in [0.1, 0.15) is 0 Å². The molecule has 0 radical (unpaired) electrons. The minimum atomic E-state index is -1.15. The summed E-state index contributed by atoms with van der Waals surface area (Å²) in [6, 6.07) is 5.93. The molecule has 0 saturated carbocycles. The van der Waals surface area contributed by atoms with Crippen LogP contribution in [0.2, 0.25) is 0 Å². The number of aliphatic hydroxyl groups is 1. The molecule has 1 atom stereocenters. The summed E-state index contributed by atoms with van der Waals surface area (Å²) in [5.74, 6) is -1.65. The molecule has 1 aromatic carbocycles. The van der Waals surface area contributed by atoms with Crippen LogP contribution in [0.3, 0.4) is 0 Å². The van der Waals surface area contributed by atoms with E-state index in [0.29, 0.717) is 0 Å². The van der Waals surface area contributed by atoms with Gasteiger partial charge in [-0.2, -0.15) is 0 Å². The maximum absolute atomic E-state index is 11.6. The fourth-order valence-corrected chi connectivity index (χ4v) is 1.20. The van der Waals surface area contributed by atoms with Gasteiger partial charge in [-0.05, 0) is 19.1 Å². The highest BCUT2D eigenvalue weighted by Gasteiger charge is 2.15. The molecule has 0 unspecified atom stereocenters. The molecule has 5 nitrogen and oxygen atoms in total. The molecular weight excluding hydrogens is 210 g/mol. The van der Waals surface area contributed by atoms with Crippen molar-refractivity contribution in [2.75, 3.05) is 6.54 Å². The predicted octanol–water partition coefficient (Wildman–Crippen LogP) is 0.495. The second kappa shape index (κ2) is 5.27. The second-order valence-corrected chi connectivity index (χ2v) is 3.41. The molecule has 16 heavy (non-hydrogen) atoms. The van der Waals surface area contributed by atoms with Crippen LogP contribution in [0.15, 0.2) is 24.3 Å². The highest BCUT2D eigenvalue weighted by molar-refractivity contribution is 6.04. The third kappa shape index (κ3) is 3.06. The van der Waals surface area contributed by atoms with Crippen LogP contribution in [0.1, 0.15) is 27.6 Å². The standard InChI is InChI=1S/C11H13NO4/c1-7(13)6-12-10(14)8-4-2-3-5-9(8)11(15)16/h2-5,7,13H,6H2,1H3,(H,12,14)(H,15,16)/t7-/m0/s1. The zero-order valence-corrected chi connectivity index (χ0v) is 8.80. The number of carbonyl (C=O) groups is 2. The molecule has 3 N–H and O–H groups in total. The van der Waals surface area contributed by atoms with E-state index in [2.05, 4.69) is 5.32 Å². The number of aliphatic hydroxyl groups excluding tert-OH is 1. The van der Waals surface area contributed by atoms with Gasteiger partial charge in [-0.15, -0.1) is 0 Å².